The van der Waals surface area contributed by atoms with Crippen LogP contribution in [0.3, 0.4) is 0 Å². The molecule has 5 heteroatoms. The maximum Gasteiger partial charge on any atom is 0.152 e. The predicted molar refractivity (Wildman–Crippen MR) is 76.6 cm³/mol. The summed E-state index contributed by atoms with van der Waals surface area (Å²) in [4.78, 5) is 0. The van der Waals surface area contributed by atoms with Gasteiger partial charge in [-0.25, -0.2) is 8.42 Å². The van der Waals surface area contributed by atoms with Crippen molar-refractivity contribution in [3.8, 4) is 0 Å². The lowest BCUT2D eigenvalue weighted by atomic mass is 10.2. The smallest absolute Gasteiger partial charge is 0.152 e. The summed E-state index contributed by atoms with van der Waals surface area (Å²) in [6.07, 6.45) is 0. The van der Waals surface area contributed by atoms with E-state index < -0.39 is 15.9 Å². The van der Waals surface area contributed by atoms with Gasteiger partial charge in [-0.05, 0) is 18.1 Å². The third-order valence-electron chi connectivity index (χ3n) is 2.83. The van der Waals surface area contributed by atoms with Gasteiger partial charge in [0.2, 0.25) is 0 Å². The largest absolute Gasteiger partial charge is 0.459 e. The summed E-state index contributed by atoms with van der Waals surface area (Å²) < 4.78 is 29.4. The van der Waals surface area contributed by atoms with Crippen LogP contribution in [0.25, 0.3) is 11.0 Å². The Morgan fingerprint density at radius 2 is 1.89 bits per heavy atom. The van der Waals surface area contributed by atoms with Crippen molar-refractivity contribution in [3.63, 3.8) is 0 Å². The quantitative estimate of drug-likeness (QED) is 0.914. The Hall–Kier alpha value is -1.33. The van der Waals surface area contributed by atoms with Crippen LogP contribution in [0.5, 0.6) is 0 Å². The lowest BCUT2D eigenvalue weighted by Crippen LogP contribution is -2.24. The monoisotopic (exact) mass is 281 g/mol. The van der Waals surface area contributed by atoms with Gasteiger partial charge in [0, 0.05) is 5.39 Å². The van der Waals surface area contributed by atoms with Gasteiger partial charge >= 0.3 is 0 Å². The number of hydrogen-bond donors (Lipinski definition) is 1. The van der Waals surface area contributed by atoms with Crippen molar-refractivity contribution in [3.05, 3.63) is 36.1 Å². The third-order valence-corrected chi connectivity index (χ3v) is 4.87. The van der Waals surface area contributed by atoms with E-state index in [0.717, 1.165) is 11.0 Å². The number of sulfone groups is 1. The molecule has 104 valence electrons. The highest BCUT2D eigenvalue weighted by Gasteiger charge is 2.21. The number of benzene rings is 1. The van der Waals surface area contributed by atoms with E-state index in [0.29, 0.717) is 5.76 Å². The van der Waals surface area contributed by atoms with E-state index in [4.69, 9.17) is 10.2 Å². The van der Waals surface area contributed by atoms with Crippen molar-refractivity contribution in [1.29, 1.82) is 0 Å². The van der Waals surface area contributed by atoms with Crippen LogP contribution in [0, 0.1) is 5.92 Å². The molecule has 0 aliphatic heterocycles. The molecule has 0 radical (unpaired) electrons. The summed E-state index contributed by atoms with van der Waals surface area (Å²) >= 11 is 0. The zero-order valence-electron chi connectivity index (χ0n) is 11.2. The van der Waals surface area contributed by atoms with Crippen LogP contribution in [-0.2, 0) is 9.84 Å². The van der Waals surface area contributed by atoms with Gasteiger partial charge in [0.25, 0.3) is 0 Å². The van der Waals surface area contributed by atoms with E-state index in [1.54, 1.807) is 0 Å². The van der Waals surface area contributed by atoms with Crippen molar-refractivity contribution >= 4 is 20.8 Å². The molecule has 19 heavy (non-hydrogen) atoms. The standard InChI is InChI=1S/C14H19NO3S/c1-10(2)8-19(16,17)9-12(15)14-7-11-5-3-4-6-13(11)18-14/h3-7,10,12H,8-9,15H2,1-2H3. The van der Waals surface area contributed by atoms with E-state index in [1.165, 1.54) is 0 Å². The van der Waals surface area contributed by atoms with Crippen LogP contribution in [0.2, 0.25) is 0 Å². The van der Waals surface area contributed by atoms with Gasteiger partial charge in [-0.3, -0.25) is 0 Å². The van der Waals surface area contributed by atoms with Crippen molar-refractivity contribution < 1.29 is 12.8 Å². The van der Waals surface area contributed by atoms with Crippen LogP contribution >= 0.6 is 0 Å². The van der Waals surface area contributed by atoms with E-state index >= 15 is 0 Å². The zero-order chi connectivity index (χ0) is 14.0. The molecule has 0 fully saturated rings. The molecule has 1 heterocycles. The molecule has 0 spiro atoms. The minimum Gasteiger partial charge on any atom is -0.459 e. The van der Waals surface area contributed by atoms with Crippen LogP contribution in [-0.4, -0.2) is 19.9 Å². The highest BCUT2D eigenvalue weighted by molar-refractivity contribution is 7.91. The fourth-order valence-electron chi connectivity index (χ4n) is 2.12. The Morgan fingerprint density at radius 1 is 1.21 bits per heavy atom. The van der Waals surface area contributed by atoms with Gasteiger partial charge < -0.3 is 10.2 Å². The molecule has 0 amide bonds. The Bertz CT molecular complexity index is 625. The minimum absolute atomic E-state index is 0.0784. The number of para-hydroxylation sites is 1. The molecule has 0 saturated heterocycles. The number of fused-ring (bicyclic) bond motifs is 1. The Labute approximate surface area is 113 Å². The average Bonchev–Trinajstić information content (AvgIpc) is 2.69. The summed E-state index contributed by atoms with van der Waals surface area (Å²) in [5.41, 5.74) is 6.68. The van der Waals surface area contributed by atoms with Crippen LogP contribution in [0.15, 0.2) is 34.7 Å². The van der Waals surface area contributed by atoms with Crippen molar-refractivity contribution in [2.24, 2.45) is 11.7 Å². The molecule has 0 aliphatic rings. The van der Waals surface area contributed by atoms with Crippen molar-refractivity contribution in [2.45, 2.75) is 19.9 Å². The van der Waals surface area contributed by atoms with Gasteiger partial charge in [-0.15, -0.1) is 0 Å². The van der Waals surface area contributed by atoms with Gasteiger partial charge in [-0.2, -0.15) is 0 Å². The summed E-state index contributed by atoms with van der Waals surface area (Å²) in [6.45, 7) is 3.76. The maximum absolute atomic E-state index is 11.9. The normalized spacial score (nSPS) is 14.1. The first-order valence-electron chi connectivity index (χ1n) is 6.32. The molecule has 2 aromatic rings. The van der Waals surface area contributed by atoms with E-state index in [9.17, 15) is 8.42 Å². The van der Waals surface area contributed by atoms with Crippen LogP contribution in [0.1, 0.15) is 25.6 Å². The Balaban J connectivity index is 2.18. The minimum atomic E-state index is -3.15. The van der Waals surface area contributed by atoms with Gasteiger partial charge in [0.1, 0.15) is 11.3 Å². The van der Waals surface area contributed by atoms with Crippen molar-refractivity contribution in [1.82, 2.24) is 0 Å². The van der Waals surface area contributed by atoms with Gasteiger partial charge in [-0.1, -0.05) is 32.0 Å². The predicted octanol–water partition coefficient (Wildman–Crippen LogP) is 2.50. The molecule has 2 rings (SSSR count). The molecule has 4 nitrogen and oxygen atoms in total. The molecule has 1 aromatic heterocycles. The number of nitrogens with two attached hydrogens (primary N) is 1. The molecular weight excluding hydrogens is 262 g/mol. The molecule has 0 saturated carbocycles. The fraction of sp³-hybridized carbons (Fsp3) is 0.429. The summed E-state index contributed by atoms with van der Waals surface area (Å²) in [5.74, 6) is 0.702. The van der Waals surface area contributed by atoms with Crippen LogP contribution < -0.4 is 5.73 Å². The third kappa shape index (κ3) is 3.58. The lowest BCUT2D eigenvalue weighted by Gasteiger charge is -2.11. The molecule has 1 aromatic carbocycles. The number of hydrogen-bond acceptors (Lipinski definition) is 4. The number of furan rings is 1. The summed E-state index contributed by atoms with van der Waals surface area (Å²) in [6, 6.07) is 8.73. The zero-order valence-corrected chi connectivity index (χ0v) is 12.0. The highest BCUT2D eigenvalue weighted by Crippen LogP contribution is 2.23. The molecule has 1 atom stereocenters. The van der Waals surface area contributed by atoms with E-state index in [2.05, 4.69) is 0 Å². The molecule has 1 unspecified atom stereocenters. The summed E-state index contributed by atoms with van der Waals surface area (Å²) in [7, 11) is -3.15. The maximum atomic E-state index is 11.9. The SMILES string of the molecule is CC(C)CS(=O)(=O)CC(N)c1cc2ccccc2o1. The topological polar surface area (TPSA) is 73.3 Å². The van der Waals surface area contributed by atoms with Gasteiger partial charge in [0.05, 0.1) is 17.5 Å². The highest BCUT2D eigenvalue weighted by atomic mass is 32.2. The van der Waals surface area contributed by atoms with E-state index in [1.807, 2.05) is 44.2 Å². The molecular formula is C14H19NO3S. The van der Waals surface area contributed by atoms with E-state index in [-0.39, 0.29) is 17.4 Å². The van der Waals surface area contributed by atoms with Crippen molar-refractivity contribution in [2.75, 3.05) is 11.5 Å². The average molecular weight is 281 g/mol. The second kappa shape index (κ2) is 5.35. The molecule has 0 aliphatic carbocycles. The molecule has 0 bridgehead atoms. The second-order valence-corrected chi connectivity index (χ2v) is 7.42. The lowest BCUT2D eigenvalue weighted by molar-refractivity contribution is 0.506. The number of rotatable bonds is 5. The first kappa shape index (κ1) is 14.1. The Morgan fingerprint density at radius 3 is 2.53 bits per heavy atom. The molecule has 2 N–H and O–H groups in total. The fourth-order valence-corrected chi connectivity index (χ4v) is 3.98. The van der Waals surface area contributed by atoms with Crippen LogP contribution in [0.4, 0.5) is 0 Å². The second-order valence-electron chi connectivity index (χ2n) is 5.26. The van der Waals surface area contributed by atoms with Gasteiger partial charge in [0.15, 0.2) is 9.84 Å². The Kier molecular flexibility index (Phi) is 3.96. The first-order valence-corrected chi connectivity index (χ1v) is 8.14. The first-order chi connectivity index (χ1) is 8.87. The summed E-state index contributed by atoms with van der Waals surface area (Å²) in [5, 5.41) is 0.939.